The summed E-state index contributed by atoms with van der Waals surface area (Å²) < 4.78 is 5.21. The van der Waals surface area contributed by atoms with Gasteiger partial charge in [0.2, 0.25) is 5.88 Å². The predicted molar refractivity (Wildman–Crippen MR) is 74.4 cm³/mol. The van der Waals surface area contributed by atoms with E-state index in [0.717, 1.165) is 11.1 Å². The van der Waals surface area contributed by atoms with Gasteiger partial charge in [-0.2, -0.15) is 0 Å². The van der Waals surface area contributed by atoms with Crippen LogP contribution in [-0.2, 0) is 6.42 Å². The smallest absolute Gasteiger partial charge is 0.216 e. The first-order valence-electron chi connectivity index (χ1n) is 6.29. The predicted octanol–water partition coefficient (Wildman–Crippen LogP) is 3.15. The van der Waals surface area contributed by atoms with Crippen LogP contribution in [0.2, 0.25) is 0 Å². The lowest BCUT2D eigenvalue weighted by Crippen LogP contribution is -2.14. The van der Waals surface area contributed by atoms with Crippen molar-refractivity contribution < 1.29 is 9.53 Å². The van der Waals surface area contributed by atoms with E-state index in [1.54, 1.807) is 13.3 Å². The van der Waals surface area contributed by atoms with Crippen LogP contribution in [0.3, 0.4) is 0 Å². The van der Waals surface area contributed by atoms with E-state index >= 15 is 0 Å². The van der Waals surface area contributed by atoms with E-state index in [0.29, 0.717) is 12.3 Å². The van der Waals surface area contributed by atoms with E-state index in [9.17, 15) is 4.79 Å². The fourth-order valence-electron chi connectivity index (χ4n) is 2.07. The molecule has 0 saturated heterocycles. The first kappa shape index (κ1) is 13.3. The number of Topliss-reactive ketones (excluding diaryl/α,β-unsaturated/α-hetero) is 1. The second-order valence-corrected chi connectivity index (χ2v) is 4.51. The monoisotopic (exact) mass is 255 g/mol. The fraction of sp³-hybridized carbons (Fsp3) is 0.250. The highest BCUT2D eigenvalue weighted by molar-refractivity contribution is 5.97. The molecule has 1 aromatic carbocycles. The van der Waals surface area contributed by atoms with E-state index < -0.39 is 0 Å². The number of aromatic nitrogens is 1. The van der Waals surface area contributed by atoms with Gasteiger partial charge in [-0.25, -0.2) is 4.98 Å². The molecule has 98 valence electrons. The largest absolute Gasteiger partial charge is 0.481 e. The average molecular weight is 255 g/mol. The zero-order valence-electron chi connectivity index (χ0n) is 11.2. The van der Waals surface area contributed by atoms with Crippen molar-refractivity contribution in [3.8, 4) is 5.88 Å². The Hall–Kier alpha value is -2.16. The molecule has 1 unspecified atom stereocenters. The third-order valence-electron chi connectivity index (χ3n) is 3.08. The molecule has 0 spiro atoms. The number of hydrogen-bond donors (Lipinski definition) is 0. The summed E-state index contributed by atoms with van der Waals surface area (Å²) in [6.07, 6.45) is 2.32. The second kappa shape index (κ2) is 6.14. The Bertz CT molecular complexity index is 552. The minimum absolute atomic E-state index is 0.0968. The summed E-state index contributed by atoms with van der Waals surface area (Å²) >= 11 is 0. The number of nitrogens with zero attached hydrogens (tertiary/aromatic N) is 1. The maximum Gasteiger partial charge on any atom is 0.216 e. The lowest BCUT2D eigenvalue weighted by molar-refractivity contribution is 0.0929. The number of methoxy groups -OCH3 is 1. The van der Waals surface area contributed by atoms with E-state index in [2.05, 4.69) is 4.98 Å². The summed E-state index contributed by atoms with van der Waals surface area (Å²) in [7, 11) is 1.59. The van der Waals surface area contributed by atoms with Crippen LogP contribution in [-0.4, -0.2) is 17.9 Å². The first-order chi connectivity index (χ1) is 9.22. The standard InChI is InChI=1S/C16H17NO2/c1-12(15(18)13-7-4-3-5-8-13)11-14-9-6-10-17-16(14)19-2/h3-10,12H,11H2,1-2H3. The molecule has 1 atom stereocenters. The fourth-order valence-corrected chi connectivity index (χ4v) is 2.07. The van der Waals surface area contributed by atoms with Gasteiger partial charge in [-0.3, -0.25) is 4.79 Å². The summed E-state index contributed by atoms with van der Waals surface area (Å²) in [4.78, 5) is 16.4. The Morgan fingerprint density at radius 3 is 2.63 bits per heavy atom. The quantitative estimate of drug-likeness (QED) is 0.770. The van der Waals surface area contributed by atoms with Gasteiger partial charge in [0, 0.05) is 23.2 Å². The van der Waals surface area contributed by atoms with Gasteiger partial charge in [0.05, 0.1) is 7.11 Å². The molecule has 0 radical (unpaired) electrons. The third-order valence-corrected chi connectivity index (χ3v) is 3.08. The molecule has 19 heavy (non-hydrogen) atoms. The van der Waals surface area contributed by atoms with Crippen molar-refractivity contribution in [2.75, 3.05) is 7.11 Å². The van der Waals surface area contributed by atoms with Gasteiger partial charge in [-0.05, 0) is 12.5 Å². The van der Waals surface area contributed by atoms with Crippen molar-refractivity contribution >= 4 is 5.78 Å². The number of ketones is 1. The van der Waals surface area contributed by atoms with Crippen LogP contribution >= 0.6 is 0 Å². The molecule has 3 nitrogen and oxygen atoms in total. The lowest BCUT2D eigenvalue weighted by Gasteiger charge is -2.12. The van der Waals surface area contributed by atoms with Crippen molar-refractivity contribution in [3.63, 3.8) is 0 Å². The number of carbonyl (C=O) groups excluding carboxylic acids is 1. The molecule has 0 N–H and O–H groups in total. The van der Waals surface area contributed by atoms with Crippen LogP contribution < -0.4 is 4.74 Å². The molecule has 2 rings (SSSR count). The van der Waals surface area contributed by atoms with Crippen LogP contribution in [0.4, 0.5) is 0 Å². The zero-order valence-corrected chi connectivity index (χ0v) is 11.2. The minimum atomic E-state index is -0.0968. The number of benzene rings is 1. The Labute approximate surface area is 113 Å². The summed E-state index contributed by atoms with van der Waals surface area (Å²) in [6, 6.07) is 13.2. The van der Waals surface area contributed by atoms with Gasteiger partial charge in [-0.1, -0.05) is 43.3 Å². The second-order valence-electron chi connectivity index (χ2n) is 4.51. The molecule has 1 aromatic heterocycles. The normalized spacial score (nSPS) is 11.9. The highest BCUT2D eigenvalue weighted by Gasteiger charge is 2.17. The SMILES string of the molecule is COc1ncccc1CC(C)C(=O)c1ccccc1. The van der Waals surface area contributed by atoms with Crippen molar-refractivity contribution in [2.45, 2.75) is 13.3 Å². The molecule has 2 aromatic rings. The summed E-state index contributed by atoms with van der Waals surface area (Å²) in [5.41, 5.74) is 1.71. The molecular formula is C16H17NO2. The number of rotatable bonds is 5. The number of ether oxygens (including phenoxy) is 1. The van der Waals surface area contributed by atoms with Gasteiger partial charge < -0.3 is 4.74 Å². The first-order valence-corrected chi connectivity index (χ1v) is 6.29. The Balaban J connectivity index is 2.13. The van der Waals surface area contributed by atoms with Crippen LogP contribution in [0, 0.1) is 5.92 Å². The molecule has 0 saturated carbocycles. The van der Waals surface area contributed by atoms with Crippen molar-refractivity contribution in [3.05, 3.63) is 59.8 Å². The Morgan fingerprint density at radius 1 is 1.21 bits per heavy atom. The van der Waals surface area contributed by atoms with Crippen LogP contribution in [0.15, 0.2) is 48.7 Å². The Kier molecular flexibility index (Phi) is 4.29. The number of hydrogen-bond acceptors (Lipinski definition) is 3. The van der Waals surface area contributed by atoms with E-state index in [1.807, 2.05) is 49.4 Å². The van der Waals surface area contributed by atoms with E-state index in [4.69, 9.17) is 4.74 Å². The molecule has 0 aliphatic heterocycles. The molecule has 0 aliphatic rings. The average Bonchev–Trinajstić information content (AvgIpc) is 2.48. The van der Waals surface area contributed by atoms with Crippen LogP contribution in [0.5, 0.6) is 5.88 Å². The van der Waals surface area contributed by atoms with Crippen molar-refractivity contribution in [2.24, 2.45) is 5.92 Å². The van der Waals surface area contributed by atoms with Crippen LogP contribution in [0.1, 0.15) is 22.8 Å². The lowest BCUT2D eigenvalue weighted by atomic mass is 9.93. The van der Waals surface area contributed by atoms with Gasteiger partial charge in [0.25, 0.3) is 0 Å². The summed E-state index contributed by atoms with van der Waals surface area (Å²) in [5, 5.41) is 0. The Morgan fingerprint density at radius 2 is 1.95 bits per heavy atom. The molecule has 3 heteroatoms. The third kappa shape index (κ3) is 3.19. The minimum Gasteiger partial charge on any atom is -0.481 e. The number of carbonyl (C=O) groups is 1. The van der Waals surface area contributed by atoms with Crippen molar-refractivity contribution in [1.29, 1.82) is 0 Å². The molecule has 0 fully saturated rings. The van der Waals surface area contributed by atoms with Crippen LogP contribution in [0.25, 0.3) is 0 Å². The number of pyridine rings is 1. The maximum atomic E-state index is 12.3. The maximum absolute atomic E-state index is 12.3. The molecule has 0 amide bonds. The van der Waals surface area contributed by atoms with Gasteiger partial charge in [0.15, 0.2) is 5.78 Å². The van der Waals surface area contributed by atoms with Crippen molar-refractivity contribution in [1.82, 2.24) is 4.98 Å². The summed E-state index contributed by atoms with van der Waals surface area (Å²) in [6.45, 7) is 1.93. The molecular weight excluding hydrogens is 238 g/mol. The zero-order chi connectivity index (χ0) is 13.7. The summed E-state index contributed by atoms with van der Waals surface area (Å²) in [5.74, 6) is 0.641. The molecule has 0 bridgehead atoms. The van der Waals surface area contributed by atoms with Gasteiger partial charge >= 0.3 is 0 Å². The van der Waals surface area contributed by atoms with E-state index in [-0.39, 0.29) is 11.7 Å². The van der Waals surface area contributed by atoms with Gasteiger partial charge in [0.1, 0.15) is 0 Å². The topological polar surface area (TPSA) is 39.2 Å². The highest BCUT2D eigenvalue weighted by Crippen LogP contribution is 2.20. The van der Waals surface area contributed by atoms with E-state index in [1.165, 1.54) is 0 Å². The van der Waals surface area contributed by atoms with Gasteiger partial charge in [-0.15, -0.1) is 0 Å². The molecule has 0 aliphatic carbocycles. The highest BCUT2D eigenvalue weighted by atomic mass is 16.5. The molecule has 1 heterocycles.